The van der Waals surface area contributed by atoms with Crippen molar-refractivity contribution in [3.05, 3.63) is 122 Å². The highest BCUT2D eigenvalue weighted by molar-refractivity contribution is 5.76. The van der Waals surface area contributed by atoms with Crippen LogP contribution in [0.15, 0.2) is 122 Å². The molecule has 2 unspecified atom stereocenters. The van der Waals surface area contributed by atoms with E-state index in [1.54, 1.807) is 6.08 Å². The highest BCUT2D eigenvalue weighted by Gasteiger charge is 2.18. The minimum Gasteiger partial charge on any atom is -0.394 e. The number of amides is 1. The number of allylic oxidation sites excluding steroid dienone is 19. The van der Waals surface area contributed by atoms with Crippen molar-refractivity contribution >= 4 is 5.91 Å². The summed E-state index contributed by atoms with van der Waals surface area (Å²) in [6.07, 6.45) is 90.7. The predicted molar refractivity (Wildman–Crippen MR) is 308 cm³/mol. The lowest BCUT2D eigenvalue weighted by Gasteiger charge is -2.19. The van der Waals surface area contributed by atoms with E-state index in [-0.39, 0.29) is 12.5 Å². The number of nitrogens with one attached hydrogen (secondary N) is 1. The Labute approximate surface area is 428 Å². The minimum atomic E-state index is -0.873. The zero-order valence-electron chi connectivity index (χ0n) is 45.3. The maximum absolute atomic E-state index is 12.5. The van der Waals surface area contributed by atoms with Gasteiger partial charge in [-0.2, -0.15) is 0 Å². The number of carbonyl (C=O) groups is 1. The molecule has 0 rings (SSSR count). The molecule has 0 heterocycles. The average molecular weight is 955 g/mol. The Balaban J connectivity index is 3.61. The van der Waals surface area contributed by atoms with Gasteiger partial charge >= 0.3 is 0 Å². The Bertz CT molecular complexity index is 1360. The standard InChI is InChI=1S/C65H111NO3/c1-3-5-7-9-11-13-15-17-19-21-23-25-27-28-29-30-31-32-33-34-35-36-37-38-39-41-43-45-47-49-51-53-55-57-59-61-65(69)66-63(62-67)64(68)60-58-56-54-52-50-48-46-44-42-40-26-24-22-20-18-16-14-12-10-8-6-4-2/h5,7,11,13,17,19,23,25,28-29,31-32,34-35,37-38,50,52,58,60,63-64,67-68H,3-4,6,8-10,12,14-16,18,20-22,24,26-27,30,33,36,39-49,51,53-57,59,61-62H2,1-2H3,(H,66,69)/b7-5-,13-11-,19-17-,25-23-,29-28-,32-31-,35-34-,38-37-,52-50+,60-58+. The van der Waals surface area contributed by atoms with E-state index in [0.717, 1.165) is 89.9 Å². The topological polar surface area (TPSA) is 69.6 Å². The summed E-state index contributed by atoms with van der Waals surface area (Å²) in [5.41, 5.74) is 0. The number of unbranched alkanes of at least 4 members (excludes halogenated alkanes) is 27. The van der Waals surface area contributed by atoms with Crippen molar-refractivity contribution in [2.75, 3.05) is 6.61 Å². The summed E-state index contributed by atoms with van der Waals surface area (Å²) in [5.74, 6) is -0.0818. The third-order valence-corrected chi connectivity index (χ3v) is 12.7. The van der Waals surface area contributed by atoms with Gasteiger partial charge in [-0.1, -0.05) is 283 Å². The summed E-state index contributed by atoms with van der Waals surface area (Å²) in [6.45, 7) is 4.19. The number of hydrogen-bond acceptors (Lipinski definition) is 3. The van der Waals surface area contributed by atoms with Crippen LogP contribution in [0.1, 0.15) is 264 Å². The van der Waals surface area contributed by atoms with Gasteiger partial charge in [-0.3, -0.25) is 4.79 Å². The molecule has 0 saturated carbocycles. The van der Waals surface area contributed by atoms with E-state index in [0.29, 0.717) is 6.42 Å². The molecule has 0 fully saturated rings. The van der Waals surface area contributed by atoms with E-state index in [4.69, 9.17) is 0 Å². The molecule has 1 amide bonds. The van der Waals surface area contributed by atoms with Gasteiger partial charge in [0, 0.05) is 6.42 Å². The first-order valence-electron chi connectivity index (χ1n) is 29.2. The molecule has 0 aliphatic carbocycles. The largest absolute Gasteiger partial charge is 0.394 e. The molecule has 2 atom stereocenters. The maximum Gasteiger partial charge on any atom is 0.220 e. The first-order chi connectivity index (χ1) is 34.2. The average Bonchev–Trinajstić information content (AvgIpc) is 3.35. The molecule has 4 nitrogen and oxygen atoms in total. The number of hydrogen-bond donors (Lipinski definition) is 3. The molecule has 0 saturated heterocycles. The highest BCUT2D eigenvalue weighted by atomic mass is 16.3. The van der Waals surface area contributed by atoms with Crippen LogP contribution in [0, 0.1) is 0 Å². The second-order valence-corrected chi connectivity index (χ2v) is 19.3. The van der Waals surface area contributed by atoms with E-state index < -0.39 is 12.1 Å². The lowest BCUT2D eigenvalue weighted by Crippen LogP contribution is -2.45. The number of aliphatic hydroxyl groups is 2. The second kappa shape index (κ2) is 59.1. The lowest BCUT2D eigenvalue weighted by molar-refractivity contribution is -0.123. The van der Waals surface area contributed by atoms with Crippen molar-refractivity contribution in [3.63, 3.8) is 0 Å². The fraction of sp³-hybridized carbons (Fsp3) is 0.677. The van der Waals surface area contributed by atoms with E-state index in [9.17, 15) is 15.0 Å². The number of aliphatic hydroxyl groups excluding tert-OH is 2. The maximum atomic E-state index is 12.5. The van der Waals surface area contributed by atoms with E-state index in [1.807, 2.05) is 6.08 Å². The van der Waals surface area contributed by atoms with E-state index >= 15 is 0 Å². The molecular formula is C65H111NO3. The smallest absolute Gasteiger partial charge is 0.220 e. The molecule has 0 aromatic carbocycles. The van der Waals surface area contributed by atoms with Crippen molar-refractivity contribution in [3.8, 4) is 0 Å². The van der Waals surface area contributed by atoms with Crippen LogP contribution < -0.4 is 5.32 Å². The zero-order chi connectivity index (χ0) is 49.9. The molecule has 0 bridgehead atoms. The van der Waals surface area contributed by atoms with Gasteiger partial charge in [-0.25, -0.2) is 0 Å². The molecule has 0 aromatic heterocycles. The fourth-order valence-electron chi connectivity index (χ4n) is 8.27. The van der Waals surface area contributed by atoms with Crippen molar-refractivity contribution < 1.29 is 15.0 Å². The molecule has 0 aliphatic rings. The summed E-state index contributed by atoms with van der Waals surface area (Å²) in [4.78, 5) is 12.5. The molecule has 69 heavy (non-hydrogen) atoms. The minimum absolute atomic E-state index is 0.0818. The van der Waals surface area contributed by atoms with Crippen molar-refractivity contribution in [2.45, 2.75) is 276 Å². The van der Waals surface area contributed by atoms with Gasteiger partial charge in [0.2, 0.25) is 5.91 Å². The molecule has 4 heteroatoms. The molecular weight excluding hydrogens is 843 g/mol. The normalized spacial score (nSPS) is 13.7. The van der Waals surface area contributed by atoms with E-state index in [2.05, 4.69) is 129 Å². The molecule has 0 aromatic rings. The van der Waals surface area contributed by atoms with Crippen molar-refractivity contribution in [2.24, 2.45) is 0 Å². The van der Waals surface area contributed by atoms with Crippen LogP contribution in [0.25, 0.3) is 0 Å². The first kappa shape index (κ1) is 65.8. The Morgan fingerprint density at radius 3 is 1.01 bits per heavy atom. The van der Waals surface area contributed by atoms with Gasteiger partial charge < -0.3 is 15.5 Å². The Morgan fingerprint density at radius 2 is 0.652 bits per heavy atom. The zero-order valence-corrected chi connectivity index (χ0v) is 45.3. The molecule has 0 spiro atoms. The van der Waals surface area contributed by atoms with Gasteiger partial charge in [-0.05, 0) is 96.3 Å². The Morgan fingerprint density at radius 1 is 0.362 bits per heavy atom. The first-order valence-corrected chi connectivity index (χ1v) is 29.2. The predicted octanol–water partition coefficient (Wildman–Crippen LogP) is 19.6. The van der Waals surface area contributed by atoms with Gasteiger partial charge in [-0.15, -0.1) is 0 Å². The van der Waals surface area contributed by atoms with Gasteiger partial charge in [0.25, 0.3) is 0 Å². The summed E-state index contributed by atoms with van der Waals surface area (Å²) in [5, 5.41) is 23.2. The van der Waals surface area contributed by atoms with Gasteiger partial charge in [0.1, 0.15) is 0 Å². The van der Waals surface area contributed by atoms with Crippen LogP contribution in [0.3, 0.4) is 0 Å². The Kier molecular flexibility index (Phi) is 56.4. The molecule has 3 N–H and O–H groups in total. The Hall–Kier alpha value is -3.21. The highest BCUT2D eigenvalue weighted by Crippen LogP contribution is 2.15. The number of rotatable bonds is 52. The third-order valence-electron chi connectivity index (χ3n) is 12.7. The molecule has 394 valence electrons. The molecule has 0 radical (unpaired) electrons. The van der Waals surface area contributed by atoms with Crippen LogP contribution in [0.2, 0.25) is 0 Å². The van der Waals surface area contributed by atoms with Crippen LogP contribution in [0.4, 0.5) is 0 Å². The molecule has 0 aliphatic heterocycles. The van der Waals surface area contributed by atoms with Crippen LogP contribution >= 0.6 is 0 Å². The second-order valence-electron chi connectivity index (χ2n) is 19.3. The van der Waals surface area contributed by atoms with Crippen molar-refractivity contribution in [1.29, 1.82) is 0 Å². The summed E-state index contributed by atoms with van der Waals surface area (Å²) in [7, 11) is 0. The van der Waals surface area contributed by atoms with Gasteiger partial charge in [0.05, 0.1) is 18.8 Å². The summed E-state index contributed by atoms with van der Waals surface area (Å²) >= 11 is 0. The summed E-state index contributed by atoms with van der Waals surface area (Å²) in [6, 6.07) is -0.650. The van der Waals surface area contributed by atoms with E-state index in [1.165, 1.54) is 154 Å². The SMILES string of the molecule is CC/C=C\C/C=C\C/C=C\C/C=C\C/C=C\C/C=C\C/C=C\C/C=C\CCCCCCCCCCCCC(=O)NC(CO)C(O)/C=C/CC/C=C/CCCCCCCCCCCCCCCCCC. The van der Waals surface area contributed by atoms with Crippen LogP contribution in [-0.2, 0) is 4.79 Å². The third kappa shape index (κ3) is 55.6. The van der Waals surface area contributed by atoms with Gasteiger partial charge in [0.15, 0.2) is 0 Å². The lowest BCUT2D eigenvalue weighted by atomic mass is 10.0. The quantitative estimate of drug-likeness (QED) is 0.0420. The number of carbonyl (C=O) groups excluding carboxylic acids is 1. The van der Waals surface area contributed by atoms with Crippen LogP contribution in [-0.4, -0.2) is 34.9 Å². The van der Waals surface area contributed by atoms with Crippen LogP contribution in [0.5, 0.6) is 0 Å². The summed E-state index contributed by atoms with van der Waals surface area (Å²) < 4.78 is 0. The fourth-order valence-corrected chi connectivity index (χ4v) is 8.27. The van der Waals surface area contributed by atoms with Crippen molar-refractivity contribution in [1.82, 2.24) is 5.32 Å². The monoisotopic (exact) mass is 954 g/mol.